The second kappa shape index (κ2) is 9.86. The van der Waals surface area contributed by atoms with E-state index in [1.165, 1.54) is 21.2 Å². The average molecular weight is 563 g/mol. The monoisotopic (exact) mass is 562 g/mol. The van der Waals surface area contributed by atoms with E-state index in [1.54, 1.807) is 67.0 Å². The Morgan fingerprint density at radius 1 is 0.974 bits per heavy atom. The lowest BCUT2D eigenvalue weighted by molar-refractivity contribution is -0.122. The van der Waals surface area contributed by atoms with Crippen molar-refractivity contribution in [3.63, 3.8) is 0 Å². The third kappa shape index (κ3) is 4.24. The summed E-state index contributed by atoms with van der Waals surface area (Å²) in [5, 5.41) is 3.09. The number of nitrogens with one attached hydrogen (secondary N) is 1. The molecule has 1 N–H and O–H groups in total. The van der Waals surface area contributed by atoms with E-state index in [1.807, 2.05) is 12.1 Å². The van der Waals surface area contributed by atoms with Crippen LogP contribution >= 0.6 is 34.7 Å². The van der Waals surface area contributed by atoms with Crippen LogP contribution in [-0.4, -0.2) is 32.5 Å². The van der Waals surface area contributed by atoms with Crippen LogP contribution in [-0.2, 0) is 20.9 Å². The van der Waals surface area contributed by atoms with Gasteiger partial charge in [-0.3, -0.25) is 28.7 Å². The van der Waals surface area contributed by atoms with Crippen molar-refractivity contribution in [2.75, 3.05) is 10.2 Å². The Hall–Kier alpha value is -3.73. The molecule has 2 aliphatic rings. The van der Waals surface area contributed by atoms with Gasteiger partial charge in [-0.05, 0) is 48.0 Å². The molecule has 1 saturated heterocycles. The number of anilines is 2. The van der Waals surface area contributed by atoms with Crippen LogP contribution in [0.2, 0.25) is 5.02 Å². The molecule has 2 aliphatic heterocycles. The molecular formula is C27H19ClN4O4S2. The van der Waals surface area contributed by atoms with E-state index in [2.05, 4.69) is 10.3 Å². The predicted octanol–water partition coefficient (Wildman–Crippen LogP) is 4.39. The van der Waals surface area contributed by atoms with E-state index in [4.69, 9.17) is 11.6 Å². The number of hydrogen-bond acceptors (Lipinski definition) is 7. The number of thioether (sulfide) groups is 1. The molecule has 38 heavy (non-hydrogen) atoms. The van der Waals surface area contributed by atoms with Crippen molar-refractivity contribution >= 4 is 63.8 Å². The standard InChI is InChI=1S/C27H19ClN4O4S2/c28-16-8-10-17(11-9-16)30-19(33)14-31-26-23(38-27(31)36)20(15-5-4-12-29-13-15)21-22(37-26)25(35)32(24(21)34)18-6-2-1-3-7-18/h1-13,20-22H,14H2,(H,30,33)/t20-,21-,22+/m0/s1. The van der Waals surface area contributed by atoms with Gasteiger partial charge in [0.1, 0.15) is 11.8 Å². The summed E-state index contributed by atoms with van der Waals surface area (Å²) in [6.07, 6.45) is 3.29. The number of halogens is 1. The number of amides is 3. The van der Waals surface area contributed by atoms with Crippen molar-refractivity contribution < 1.29 is 14.4 Å². The third-order valence-electron chi connectivity index (χ3n) is 6.54. The van der Waals surface area contributed by atoms with E-state index in [0.717, 1.165) is 16.9 Å². The average Bonchev–Trinajstić information content (AvgIpc) is 3.37. The summed E-state index contributed by atoms with van der Waals surface area (Å²) >= 11 is 8.10. The number of imide groups is 1. The number of aromatic nitrogens is 2. The fourth-order valence-electron chi connectivity index (χ4n) is 4.88. The molecule has 4 heterocycles. The highest BCUT2D eigenvalue weighted by Crippen LogP contribution is 2.53. The van der Waals surface area contributed by atoms with Gasteiger partial charge in [0.25, 0.3) is 0 Å². The van der Waals surface area contributed by atoms with Crippen molar-refractivity contribution in [1.29, 1.82) is 0 Å². The number of thiazole rings is 1. The van der Waals surface area contributed by atoms with E-state index >= 15 is 0 Å². The van der Waals surface area contributed by atoms with Crippen LogP contribution in [0.15, 0.2) is 88.9 Å². The van der Waals surface area contributed by atoms with E-state index in [-0.39, 0.29) is 23.2 Å². The van der Waals surface area contributed by atoms with Crippen molar-refractivity contribution in [3.05, 3.63) is 104 Å². The van der Waals surface area contributed by atoms with Gasteiger partial charge >= 0.3 is 4.87 Å². The molecule has 8 nitrogen and oxygen atoms in total. The zero-order valence-corrected chi connectivity index (χ0v) is 22.0. The maximum absolute atomic E-state index is 13.8. The highest BCUT2D eigenvalue weighted by Gasteiger charge is 2.56. The van der Waals surface area contributed by atoms with Crippen LogP contribution in [0.1, 0.15) is 16.4 Å². The molecule has 6 rings (SSSR count). The topological polar surface area (TPSA) is 101 Å². The number of rotatable bonds is 5. The first-order valence-electron chi connectivity index (χ1n) is 11.7. The Morgan fingerprint density at radius 2 is 1.74 bits per heavy atom. The van der Waals surface area contributed by atoms with Gasteiger partial charge in [-0.15, -0.1) is 0 Å². The fourth-order valence-corrected chi connectivity index (χ4v) is 7.78. The highest BCUT2D eigenvalue weighted by atomic mass is 35.5. The summed E-state index contributed by atoms with van der Waals surface area (Å²) in [4.78, 5) is 59.2. The van der Waals surface area contributed by atoms with Gasteiger partial charge < -0.3 is 5.32 Å². The molecule has 1 fully saturated rings. The van der Waals surface area contributed by atoms with Crippen LogP contribution in [0.3, 0.4) is 0 Å². The molecule has 2 aromatic heterocycles. The number of carbonyl (C=O) groups excluding carboxylic acids is 3. The molecule has 0 bridgehead atoms. The number of para-hydroxylation sites is 1. The fraction of sp³-hybridized carbons (Fsp3) is 0.148. The second-order valence-electron chi connectivity index (χ2n) is 8.85. The molecule has 0 unspecified atom stereocenters. The Bertz CT molecular complexity index is 1610. The normalized spacial score (nSPS) is 20.2. The molecule has 0 saturated carbocycles. The van der Waals surface area contributed by atoms with Crippen LogP contribution in [0.25, 0.3) is 0 Å². The lowest BCUT2D eigenvalue weighted by Gasteiger charge is -2.30. The quantitative estimate of drug-likeness (QED) is 0.362. The van der Waals surface area contributed by atoms with E-state index in [9.17, 15) is 19.2 Å². The summed E-state index contributed by atoms with van der Waals surface area (Å²) < 4.78 is 1.39. The maximum atomic E-state index is 13.8. The number of pyridine rings is 1. The minimum absolute atomic E-state index is 0.234. The Labute approximate surface area is 230 Å². The first kappa shape index (κ1) is 24.6. The van der Waals surface area contributed by atoms with Crippen LogP contribution < -0.4 is 15.1 Å². The molecule has 11 heteroatoms. The number of benzene rings is 2. The van der Waals surface area contributed by atoms with Gasteiger partial charge in [0, 0.05) is 33.9 Å². The highest BCUT2D eigenvalue weighted by molar-refractivity contribution is 8.00. The Kier molecular flexibility index (Phi) is 6.38. The first-order valence-corrected chi connectivity index (χ1v) is 13.8. The summed E-state index contributed by atoms with van der Waals surface area (Å²) in [6.45, 7) is -0.234. The predicted molar refractivity (Wildman–Crippen MR) is 147 cm³/mol. The molecule has 3 atom stereocenters. The van der Waals surface area contributed by atoms with E-state index < -0.39 is 23.0 Å². The smallest absolute Gasteiger partial charge is 0.308 e. The number of nitrogens with zero attached hydrogens (tertiary/aromatic N) is 3. The molecule has 190 valence electrons. The van der Waals surface area contributed by atoms with Gasteiger partial charge in [-0.1, -0.05) is 59.0 Å². The number of carbonyl (C=O) groups is 3. The molecule has 0 radical (unpaired) electrons. The van der Waals surface area contributed by atoms with Crippen LogP contribution in [0.4, 0.5) is 11.4 Å². The van der Waals surface area contributed by atoms with Gasteiger partial charge in [0.15, 0.2) is 0 Å². The van der Waals surface area contributed by atoms with Gasteiger partial charge in [-0.2, -0.15) is 0 Å². The van der Waals surface area contributed by atoms with Gasteiger partial charge in [-0.25, -0.2) is 4.90 Å². The molecule has 4 aromatic rings. The summed E-state index contributed by atoms with van der Waals surface area (Å²) in [7, 11) is 0. The number of hydrogen-bond donors (Lipinski definition) is 1. The first-order chi connectivity index (χ1) is 18.4. The van der Waals surface area contributed by atoms with Gasteiger partial charge in [0.2, 0.25) is 17.7 Å². The van der Waals surface area contributed by atoms with Crippen molar-refractivity contribution in [1.82, 2.24) is 9.55 Å². The summed E-state index contributed by atoms with van der Waals surface area (Å²) in [6, 6.07) is 19.1. The lowest BCUT2D eigenvalue weighted by Crippen LogP contribution is -2.33. The SMILES string of the molecule is O=C(Cn1c2c(sc1=O)[C@@H](c1cccnc1)[C@@H]1C(=O)N(c3ccccc3)C(=O)[C@@H]1S2)Nc1ccc(Cl)cc1. The maximum Gasteiger partial charge on any atom is 0.308 e. The Morgan fingerprint density at radius 3 is 2.45 bits per heavy atom. The van der Waals surface area contributed by atoms with Crippen molar-refractivity contribution in [2.45, 2.75) is 22.7 Å². The summed E-state index contributed by atoms with van der Waals surface area (Å²) in [5.74, 6) is -2.31. The molecular weight excluding hydrogens is 544 g/mol. The minimum Gasteiger partial charge on any atom is -0.325 e. The minimum atomic E-state index is -0.750. The molecule has 3 amide bonds. The second-order valence-corrected chi connectivity index (χ2v) is 11.4. The zero-order chi connectivity index (χ0) is 26.4. The van der Waals surface area contributed by atoms with E-state index in [0.29, 0.717) is 26.3 Å². The number of fused-ring (bicyclic) bond motifs is 2. The van der Waals surface area contributed by atoms with Crippen molar-refractivity contribution in [2.24, 2.45) is 5.92 Å². The van der Waals surface area contributed by atoms with Crippen LogP contribution in [0, 0.1) is 5.92 Å². The third-order valence-corrected chi connectivity index (χ3v) is 9.39. The van der Waals surface area contributed by atoms with Crippen LogP contribution in [0.5, 0.6) is 0 Å². The molecule has 2 aromatic carbocycles. The van der Waals surface area contributed by atoms with Crippen molar-refractivity contribution in [3.8, 4) is 0 Å². The summed E-state index contributed by atoms with van der Waals surface area (Å²) in [5.41, 5.74) is 1.79. The zero-order valence-electron chi connectivity index (χ0n) is 19.6. The van der Waals surface area contributed by atoms with Gasteiger partial charge in [0.05, 0.1) is 16.6 Å². The Balaban J connectivity index is 1.40. The molecule has 0 spiro atoms. The lowest BCUT2D eigenvalue weighted by atomic mass is 9.84. The molecule has 0 aliphatic carbocycles. The largest absolute Gasteiger partial charge is 0.325 e.